The minimum atomic E-state index is -4.97. The first kappa shape index (κ1) is 30.8. The summed E-state index contributed by atoms with van der Waals surface area (Å²) >= 11 is 0. The highest BCUT2D eigenvalue weighted by atomic mass is 19.4. The molecule has 2 amide bonds. The van der Waals surface area contributed by atoms with Crippen molar-refractivity contribution in [3.63, 3.8) is 0 Å². The Morgan fingerprint density at radius 1 is 1.09 bits per heavy atom. The number of amides is 2. The highest BCUT2D eigenvalue weighted by Gasteiger charge is 2.51. The fraction of sp³-hybridized carbons (Fsp3) is 0.607. The smallest absolute Gasteiger partial charge is 0.380 e. The van der Waals surface area contributed by atoms with Crippen LogP contribution in [0.15, 0.2) is 30.7 Å². The fourth-order valence-electron chi connectivity index (χ4n) is 5.59. The third kappa shape index (κ3) is 6.81. The quantitative estimate of drug-likeness (QED) is 0.290. The van der Waals surface area contributed by atoms with Crippen LogP contribution >= 0.6 is 0 Å². The number of halogens is 5. The molecule has 0 saturated heterocycles. The first-order valence-electron chi connectivity index (χ1n) is 14.3. The number of fused-ring (bicyclic) bond motifs is 1. The van der Waals surface area contributed by atoms with Crippen LogP contribution < -0.4 is 10.6 Å². The number of nitrogens with zero attached hydrogens (tertiary/aromatic N) is 5. The van der Waals surface area contributed by atoms with E-state index in [4.69, 9.17) is 0 Å². The molecule has 0 aliphatic heterocycles. The van der Waals surface area contributed by atoms with Crippen LogP contribution in [0.25, 0.3) is 5.65 Å². The van der Waals surface area contributed by atoms with Gasteiger partial charge in [-0.3, -0.25) is 14.3 Å². The zero-order valence-corrected chi connectivity index (χ0v) is 23.7. The lowest BCUT2D eigenvalue weighted by Gasteiger charge is -2.33. The molecule has 3 heterocycles. The number of aryl methyl sites for hydroxylation is 1. The number of nitrogens with one attached hydrogen (secondary N) is 2. The molecule has 2 aliphatic carbocycles. The van der Waals surface area contributed by atoms with Crippen molar-refractivity contribution in [2.75, 3.05) is 0 Å². The molecule has 2 saturated carbocycles. The summed E-state index contributed by atoms with van der Waals surface area (Å²) in [5.74, 6) is -4.47. The normalized spacial score (nSPS) is 20.4. The topological polar surface area (TPSA) is 126 Å². The van der Waals surface area contributed by atoms with Crippen molar-refractivity contribution in [2.45, 2.75) is 95.1 Å². The molecule has 0 aromatic carbocycles. The highest BCUT2D eigenvalue weighted by molar-refractivity contribution is 5.92. The van der Waals surface area contributed by atoms with Crippen molar-refractivity contribution in [3.8, 4) is 0 Å². The van der Waals surface area contributed by atoms with Gasteiger partial charge in [-0.25, -0.2) is 18.3 Å². The van der Waals surface area contributed by atoms with E-state index in [2.05, 4.69) is 25.8 Å². The molecule has 3 N–H and O–H groups in total. The maximum absolute atomic E-state index is 14.0. The maximum atomic E-state index is 14.0. The van der Waals surface area contributed by atoms with Crippen molar-refractivity contribution < 1.29 is 36.6 Å². The van der Waals surface area contributed by atoms with Gasteiger partial charge in [0.25, 0.3) is 5.91 Å². The van der Waals surface area contributed by atoms with E-state index in [1.165, 1.54) is 21.6 Å². The fourth-order valence-corrected chi connectivity index (χ4v) is 5.59. The summed E-state index contributed by atoms with van der Waals surface area (Å²) in [6.45, 7) is 2.85. The predicted molar refractivity (Wildman–Crippen MR) is 143 cm³/mol. The van der Waals surface area contributed by atoms with Crippen LogP contribution in [-0.4, -0.2) is 59.0 Å². The number of aromatic nitrogens is 5. The van der Waals surface area contributed by atoms with Crippen LogP contribution in [0.2, 0.25) is 0 Å². The van der Waals surface area contributed by atoms with E-state index in [1.54, 1.807) is 18.3 Å². The Hall–Kier alpha value is -3.62. The van der Waals surface area contributed by atoms with Gasteiger partial charge in [-0.1, -0.05) is 0 Å². The number of hydrogen-bond acceptors (Lipinski definition) is 6. The summed E-state index contributed by atoms with van der Waals surface area (Å²) in [6.07, 6.45) is -0.288. The number of aliphatic hydroxyl groups is 1. The standard InChI is InChI=1S/C28H34F5N7O3/c1-3-39-20(8-11-34-39)25(42)38-24(17-6-9-27(29,30)10-7-17)19-15-40-21(36-19)12-18(14-35-40)23(16-4-5-16)37-22(41)13-26(2,43)28(31,32)33/h8,11-12,14-17,23-24,43H,3-7,9-10,13H2,1-2H3,(H,37,41)(H,38,42)/t23-,24+,26+/m1/s1. The van der Waals surface area contributed by atoms with Crippen LogP contribution in [0, 0.1) is 11.8 Å². The van der Waals surface area contributed by atoms with E-state index in [0.717, 1.165) is 12.8 Å². The number of imidazole rings is 1. The van der Waals surface area contributed by atoms with Crippen molar-refractivity contribution in [2.24, 2.45) is 11.8 Å². The minimum Gasteiger partial charge on any atom is -0.380 e. The lowest BCUT2D eigenvalue weighted by Crippen LogP contribution is -2.46. The molecule has 43 heavy (non-hydrogen) atoms. The minimum absolute atomic E-state index is 0.0159. The second-order valence-electron chi connectivity index (χ2n) is 11.8. The third-order valence-corrected chi connectivity index (χ3v) is 8.33. The second-order valence-corrected chi connectivity index (χ2v) is 11.8. The average molecular weight is 612 g/mol. The molecule has 15 heteroatoms. The summed E-state index contributed by atoms with van der Waals surface area (Å²) in [7, 11) is 0. The van der Waals surface area contributed by atoms with Gasteiger partial charge < -0.3 is 15.7 Å². The van der Waals surface area contributed by atoms with Crippen LogP contribution in [0.3, 0.4) is 0 Å². The van der Waals surface area contributed by atoms with Crippen LogP contribution in [0.4, 0.5) is 22.0 Å². The molecular formula is C28H34F5N7O3. The molecule has 2 aliphatic rings. The first-order valence-corrected chi connectivity index (χ1v) is 14.3. The van der Waals surface area contributed by atoms with Crippen molar-refractivity contribution in [3.05, 3.63) is 47.7 Å². The molecule has 0 spiro atoms. The SMILES string of the molecule is CCn1nccc1C(=O)N[C@H](c1cn2ncc([C@H](NC(=O)C[C@](C)(O)C(F)(F)F)C3CC3)cc2n1)C1CCC(F)(F)CC1. The van der Waals surface area contributed by atoms with Crippen molar-refractivity contribution in [1.29, 1.82) is 0 Å². The van der Waals surface area contributed by atoms with Crippen molar-refractivity contribution >= 4 is 17.5 Å². The van der Waals surface area contributed by atoms with Crippen molar-refractivity contribution in [1.82, 2.24) is 35.0 Å². The van der Waals surface area contributed by atoms with Gasteiger partial charge in [-0.2, -0.15) is 23.4 Å². The van der Waals surface area contributed by atoms with Gasteiger partial charge in [0.05, 0.1) is 36.6 Å². The molecule has 10 nitrogen and oxygen atoms in total. The van der Waals surface area contributed by atoms with E-state index >= 15 is 0 Å². The number of alkyl halides is 5. The molecule has 3 atom stereocenters. The van der Waals surface area contributed by atoms with Gasteiger partial charge >= 0.3 is 6.18 Å². The Labute approximate surface area is 244 Å². The second kappa shape index (κ2) is 11.5. The van der Waals surface area contributed by atoms with Gasteiger partial charge in [0.2, 0.25) is 11.8 Å². The zero-order chi connectivity index (χ0) is 31.2. The first-order chi connectivity index (χ1) is 20.2. The summed E-state index contributed by atoms with van der Waals surface area (Å²) < 4.78 is 70.3. The van der Waals surface area contributed by atoms with E-state index in [9.17, 15) is 36.6 Å². The van der Waals surface area contributed by atoms with E-state index < -0.39 is 48.0 Å². The molecule has 0 radical (unpaired) electrons. The molecule has 3 aromatic rings. The molecule has 234 valence electrons. The number of carbonyl (C=O) groups is 2. The monoisotopic (exact) mass is 611 g/mol. The summed E-state index contributed by atoms with van der Waals surface area (Å²) in [5.41, 5.74) is -1.55. The van der Waals surface area contributed by atoms with Gasteiger partial charge in [0.1, 0.15) is 5.69 Å². The lowest BCUT2D eigenvalue weighted by atomic mass is 9.81. The Kier molecular flexibility index (Phi) is 8.22. The van der Waals surface area contributed by atoms with Crippen LogP contribution in [0.1, 0.15) is 92.6 Å². The summed E-state index contributed by atoms with van der Waals surface area (Å²) in [5, 5.41) is 23.9. The Morgan fingerprint density at radius 2 is 1.77 bits per heavy atom. The molecule has 5 rings (SSSR count). The van der Waals surface area contributed by atoms with E-state index in [1.807, 2.05) is 6.92 Å². The zero-order valence-electron chi connectivity index (χ0n) is 23.7. The Morgan fingerprint density at radius 3 is 2.40 bits per heavy atom. The molecule has 2 fully saturated rings. The Bertz CT molecular complexity index is 1470. The molecule has 3 aromatic heterocycles. The number of carbonyl (C=O) groups excluding carboxylic acids is 2. The van der Waals surface area contributed by atoms with Crippen LogP contribution in [0.5, 0.6) is 0 Å². The maximum Gasteiger partial charge on any atom is 0.417 e. The number of hydrogen-bond donors (Lipinski definition) is 3. The number of rotatable bonds is 10. The van der Waals surface area contributed by atoms with Crippen LogP contribution in [-0.2, 0) is 11.3 Å². The molecular weight excluding hydrogens is 577 g/mol. The lowest BCUT2D eigenvalue weighted by molar-refractivity contribution is -0.253. The summed E-state index contributed by atoms with van der Waals surface area (Å²) in [6, 6.07) is 1.89. The van der Waals surface area contributed by atoms with Gasteiger partial charge in [-0.15, -0.1) is 0 Å². The molecule has 0 bridgehead atoms. The molecule has 0 unspecified atom stereocenters. The Balaban J connectivity index is 1.40. The predicted octanol–water partition coefficient (Wildman–Crippen LogP) is 4.51. The van der Waals surface area contributed by atoms with Gasteiger partial charge in [-0.05, 0) is 69.1 Å². The highest BCUT2D eigenvalue weighted by Crippen LogP contribution is 2.43. The average Bonchev–Trinajstić information content (AvgIpc) is 3.49. The van der Waals surface area contributed by atoms with E-state index in [-0.39, 0.29) is 37.5 Å². The summed E-state index contributed by atoms with van der Waals surface area (Å²) in [4.78, 5) is 30.4. The largest absolute Gasteiger partial charge is 0.417 e. The van der Waals surface area contributed by atoms with E-state index in [0.29, 0.717) is 36.1 Å². The third-order valence-electron chi connectivity index (χ3n) is 8.33. The van der Waals surface area contributed by atoms with Gasteiger partial charge in [0.15, 0.2) is 11.2 Å². The van der Waals surface area contributed by atoms with Gasteiger partial charge in [0, 0.05) is 25.6 Å².